The Bertz CT molecular complexity index is 2530. The zero-order valence-electron chi connectivity index (χ0n) is 31.9. The van der Waals surface area contributed by atoms with Crippen molar-refractivity contribution in [2.24, 2.45) is 23.7 Å². The van der Waals surface area contributed by atoms with Crippen molar-refractivity contribution in [3.05, 3.63) is 149 Å². The van der Waals surface area contributed by atoms with Crippen molar-refractivity contribution in [1.82, 2.24) is 5.01 Å². The standard InChI is InChI=1S/C46H38ClFN4O7/c1-58-32-22-37(53)40(38(23-32)59-2)41-33-20-21-34-39(44(56)51(42(34)54)31-18-16-29(17-19-31)49-28-6-4-3-5-7-28)35(33)24-36-43(55)52(50-30-14-12-27(48)13-15-30)45(57)46(36,41)25-8-10-26(47)11-9-25/h3-20,22-23,34-36,39,41,49-50,53H,21,24H2,1-2H3/t34-,35+,36-,39-,41+,46+/m0/s1. The van der Waals surface area contributed by atoms with Crippen LogP contribution in [0.4, 0.5) is 27.1 Å². The summed E-state index contributed by atoms with van der Waals surface area (Å²) in [4.78, 5) is 60.8. The van der Waals surface area contributed by atoms with Gasteiger partial charge in [-0.05, 0) is 97.1 Å². The number of ether oxygens (including phenoxy) is 2. The van der Waals surface area contributed by atoms with E-state index >= 15 is 4.79 Å². The van der Waals surface area contributed by atoms with Gasteiger partial charge in [0.15, 0.2) is 0 Å². The number of hydrazine groups is 1. The van der Waals surface area contributed by atoms with Crippen molar-refractivity contribution < 1.29 is 38.1 Å². The summed E-state index contributed by atoms with van der Waals surface area (Å²) in [7, 11) is 2.87. The molecule has 2 aliphatic heterocycles. The molecule has 4 aliphatic rings. The molecule has 0 bridgehead atoms. The van der Waals surface area contributed by atoms with E-state index in [9.17, 15) is 23.9 Å². The number of nitrogens with one attached hydrogen (secondary N) is 2. The highest BCUT2D eigenvalue weighted by Crippen LogP contribution is 2.66. The first-order chi connectivity index (χ1) is 28.5. The van der Waals surface area contributed by atoms with Gasteiger partial charge in [0.2, 0.25) is 11.8 Å². The lowest BCUT2D eigenvalue weighted by Gasteiger charge is -2.50. The van der Waals surface area contributed by atoms with Crippen LogP contribution in [-0.2, 0) is 24.6 Å². The van der Waals surface area contributed by atoms with Gasteiger partial charge in [-0.3, -0.25) is 29.5 Å². The molecule has 11 nitrogen and oxygen atoms in total. The fraction of sp³-hybridized carbons (Fsp3) is 0.217. The maximum atomic E-state index is 15.5. The maximum absolute atomic E-state index is 15.5. The highest BCUT2D eigenvalue weighted by molar-refractivity contribution is 6.30. The Balaban J connectivity index is 1.19. The Kier molecular flexibility index (Phi) is 9.39. The molecule has 5 aromatic rings. The van der Waals surface area contributed by atoms with Crippen molar-refractivity contribution in [2.75, 3.05) is 29.9 Å². The van der Waals surface area contributed by atoms with Gasteiger partial charge in [0, 0.05) is 40.0 Å². The molecule has 0 spiro atoms. The first-order valence-electron chi connectivity index (χ1n) is 19.2. The number of nitrogens with zero attached hydrogens (tertiary/aromatic N) is 2. The number of hydrogen-bond donors (Lipinski definition) is 3. The third-order valence-corrected chi connectivity index (χ3v) is 12.5. The van der Waals surface area contributed by atoms with Crippen LogP contribution in [0.25, 0.3) is 0 Å². The third-order valence-electron chi connectivity index (χ3n) is 12.3. The lowest BCUT2D eigenvalue weighted by Crippen LogP contribution is -2.53. The van der Waals surface area contributed by atoms with Crippen LogP contribution < -0.4 is 25.1 Å². The van der Waals surface area contributed by atoms with E-state index in [0.717, 1.165) is 16.4 Å². The van der Waals surface area contributed by atoms with Gasteiger partial charge in [-0.15, -0.1) is 0 Å². The minimum Gasteiger partial charge on any atom is -0.507 e. The Hall–Kier alpha value is -6.66. The number of carbonyl (C=O) groups excluding carboxylic acids is 4. The number of imide groups is 2. The fourth-order valence-electron chi connectivity index (χ4n) is 9.77. The number of aromatic hydroxyl groups is 1. The average molecular weight is 813 g/mol. The molecule has 2 saturated heterocycles. The second-order valence-electron chi connectivity index (χ2n) is 15.2. The van der Waals surface area contributed by atoms with Crippen LogP contribution in [0.1, 0.15) is 29.9 Å². The molecule has 59 heavy (non-hydrogen) atoms. The van der Waals surface area contributed by atoms with Gasteiger partial charge >= 0.3 is 0 Å². The molecule has 5 aromatic carbocycles. The average Bonchev–Trinajstić information content (AvgIpc) is 3.63. The molecule has 1 saturated carbocycles. The number of para-hydroxylation sites is 1. The molecule has 9 rings (SSSR count). The summed E-state index contributed by atoms with van der Waals surface area (Å²) in [5.41, 5.74) is 4.82. The minimum absolute atomic E-state index is 0.0182. The lowest BCUT2D eigenvalue weighted by molar-refractivity contribution is -0.138. The SMILES string of the molecule is COc1cc(O)c([C@H]2C3=CC[C@@H]4C(=O)N(c5ccc(Nc6ccccc6)cc5)C(=O)[C@@H]4[C@@H]3C[C@H]3C(=O)N(Nc4ccc(F)cc4)C(=O)[C@@]23c2ccc(Cl)cc2)c(OC)c1. The number of amides is 4. The second kappa shape index (κ2) is 14.6. The number of fused-ring (bicyclic) bond motifs is 4. The van der Waals surface area contributed by atoms with Crippen molar-refractivity contribution in [1.29, 1.82) is 0 Å². The molecule has 2 aliphatic carbocycles. The number of halogens is 2. The maximum Gasteiger partial charge on any atom is 0.260 e. The quantitative estimate of drug-likeness (QED) is 0.0996. The van der Waals surface area contributed by atoms with Crippen molar-refractivity contribution in [2.45, 2.75) is 24.2 Å². The summed E-state index contributed by atoms with van der Waals surface area (Å²) in [6.45, 7) is 0. The van der Waals surface area contributed by atoms with Crippen LogP contribution in [0.3, 0.4) is 0 Å². The van der Waals surface area contributed by atoms with E-state index in [-0.39, 0.29) is 47.2 Å². The Labute approximate surface area is 344 Å². The summed E-state index contributed by atoms with van der Waals surface area (Å²) < 4.78 is 25.4. The van der Waals surface area contributed by atoms with E-state index in [2.05, 4.69) is 10.7 Å². The predicted molar refractivity (Wildman–Crippen MR) is 219 cm³/mol. The molecule has 2 heterocycles. The van der Waals surface area contributed by atoms with Crippen LogP contribution in [0.2, 0.25) is 5.02 Å². The first kappa shape index (κ1) is 37.9. The third kappa shape index (κ3) is 6.00. The molecule has 3 N–H and O–H groups in total. The lowest BCUT2D eigenvalue weighted by atomic mass is 9.49. The number of benzene rings is 5. The number of phenols is 1. The summed E-state index contributed by atoms with van der Waals surface area (Å²) in [6.07, 6.45) is 2.08. The van der Waals surface area contributed by atoms with E-state index < -0.39 is 58.5 Å². The number of hydrogen-bond acceptors (Lipinski definition) is 9. The number of rotatable bonds is 9. The molecule has 298 valence electrons. The van der Waals surface area contributed by atoms with Crippen molar-refractivity contribution in [3.8, 4) is 17.2 Å². The Morgan fingerprint density at radius 2 is 1.46 bits per heavy atom. The minimum atomic E-state index is -1.73. The summed E-state index contributed by atoms with van der Waals surface area (Å²) >= 11 is 6.41. The summed E-state index contributed by atoms with van der Waals surface area (Å²) in [6, 6.07) is 31.5. The summed E-state index contributed by atoms with van der Waals surface area (Å²) in [5, 5.41) is 16.6. The van der Waals surface area contributed by atoms with Crippen LogP contribution in [0, 0.1) is 29.5 Å². The smallest absolute Gasteiger partial charge is 0.260 e. The van der Waals surface area contributed by atoms with Crippen LogP contribution in [-0.4, -0.2) is 48.0 Å². The molecule has 6 atom stereocenters. The second-order valence-corrected chi connectivity index (χ2v) is 15.6. The van der Waals surface area contributed by atoms with Gasteiger partial charge in [-0.25, -0.2) is 4.39 Å². The summed E-state index contributed by atoms with van der Waals surface area (Å²) in [5.74, 6) is -6.84. The topological polar surface area (TPSA) is 138 Å². The number of phenolic OH excluding ortho intramolecular Hbond substituents is 1. The number of carbonyl (C=O) groups is 4. The molecule has 13 heteroatoms. The zero-order valence-corrected chi connectivity index (χ0v) is 32.7. The molecule has 0 unspecified atom stereocenters. The predicted octanol–water partition coefficient (Wildman–Crippen LogP) is 8.14. The molecular weight excluding hydrogens is 775 g/mol. The van der Waals surface area contributed by atoms with E-state index in [1.54, 1.807) is 54.6 Å². The van der Waals surface area contributed by atoms with E-state index in [1.807, 2.05) is 36.4 Å². The molecule has 4 amide bonds. The Morgan fingerprint density at radius 1 is 0.780 bits per heavy atom. The van der Waals surface area contributed by atoms with Gasteiger partial charge in [-0.1, -0.05) is 53.6 Å². The van der Waals surface area contributed by atoms with Gasteiger partial charge in [0.1, 0.15) is 23.1 Å². The first-order valence-corrected chi connectivity index (χ1v) is 19.5. The van der Waals surface area contributed by atoms with E-state index in [1.165, 1.54) is 49.5 Å². The highest BCUT2D eigenvalue weighted by Gasteiger charge is 2.71. The van der Waals surface area contributed by atoms with Crippen LogP contribution in [0.5, 0.6) is 17.2 Å². The van der Waals surface area contributed by atoms with Gasteiger partial charge < -0.3 is 19.9 Å². The van der Waals surface area contributed by atoms with Crippen LogP contribution in [0.15, 0.2) is 127 Å². The molecule has 0 radical (unpaired) electrons. The van der Waals surface area contributed by atoms with Gasteiger partial charge in [0.25, 0.3) is 11.8 Å². The number of allylic oxidation sites excluding steroid dienone is 2. The van der Waals surface area contributed by atoms with Crippen LogP contribution >= 0.6 is 11.6 Å². The molecule has 3 fully saturated rings. The monoisotopic (exact) mass is 812 g/mol. The van der Waals surface area contributed by atoms with Crippen molar-refractivity contribution in [3.63, 3.8) is 0 Å². The van der Waals surface area contributed by atoms with Gasteiger partial charge in [0.05, 0.1) is 48.8 Å². The number of methoxy groups -OCH3 is 2. The van der Waals surface area contributed by atoms with E-state index in [0.29, 0.717) is 21.8 Å². The number of anilines is 4. The van der Waals surface area contributed by atoms with E-state index in [4.69, 9.17) is 21.1 Å². The largest absolute Gasteiger partial charge is 0.507 e. The fourth-order valence-corrected chi connectivity index (χ4v) is 9.90. The Morgan fingerprint density at radius 3 is 2.14 bits per heavy atom. The normalized spacial score (nSPS) is 24.6. The van der Waals surface area contributed by atoms with Crippen molar-refractivity contribution >= 4 is 58.0 Å². The highest BCUT2D eigenvalue weighted by atomic mass is 35.5. The molecule has 0 aromatic heterocycles. The van der Waals surface area contributed by atoms with Gasteiger partial charge in [-0.2, -0.15) is 5.01 Å². The zero-order chi connectivity index (χ0) is 41.2. The molecular formula is C46H38ClFN4O7.